The van der Waals surface area contributed by atoms with Crippen LogP contribution in [0.25, 0.3) is 67.5 Å². The van der Waals surface area contributed by atoms with Crippen molar-refractivity contribution in [2.75, 3.05) is 0 Å². The minimum Gasteiger partial charge on any atom is -0.208 e. The van der Waals surface area contributed by atoms with Crippen LogP contribution in [0.1, 0.15) is 27.8 Å². The Kier molecular flexibility index (Phi) is 7.99. The van der Waals surface area contributed by atoms with E-state index < -0.39 is 5.41 Å². The summed E-state index contributed by atoms with van der Waals surface area (Å²) in [5.74, 6) is 1.83. The molecule has 270 valence electrons. The van der Waals surface area contributed by atoms with Crippen molar-refractivity contribution in [2.45, 2.75) is 15.2 Å². The standard InChI is InChI=1S/C53H32N4S/c54-33-40-23-13-29-46-48(40)58-49-41(26-14-30-47(49)53(46)44-27-9-7-24-42(44)43-25-8-10-28-45(43)53)37-20-12-22-39(32-37)52-56-50(35-17-5-2-6-18-35)55-51(57-52)38-21-11-19-36(31-38)34-15-3-1-4-16-34/h1-32H. The Bertz CT molecular complexity index is 3070. The van der Waals surface area contributed by atoms with E-state index in [9.17, 15) is 5.26 Å². The van der Waals surface area contributed by atoms with Crippen LogP contribution in [0.3, 0.4) is 0 Å². The number of benzene rings is 8. The van der Waals surface area contributed by atoms with Crippen LogP contribution in [0.15, 0.2) is 204 Å². The third-order valence-corrected chi connectivity index (χ3v) is 12.7. The van der Waals surface area contributed by atoms with Gasteiger partial charge in [0.2, 0.25) is 0 Å². The molecule has 1 aliphatic heterocycles. The highest BCUT2D eigenvalue weighted by atomic mass is 32.2. The van der Waals surface area contributed by atoms with E-state index in [1.165, 1.54) is 27.8 Å². The fraction of sp³-hybridized carbons (Fsp3) is 0.0189. The molecule has 0 unspecified atom stereocenters. The van der Waals surface area contributed by atoms with Gasteiger partial charge in [0.05, 0.1) is 11.0 Å². The molecule has 0 amide bonds. The van der Waals surface area contributed by atoms with Crippen LogP contribution in [-0.4, -0.2) is 15.0 Å². The number of hydrogen-bond acceptors (Lipinski definition) is 5. The third-order valence-electron chi connectivity index (χ3n) is 11.4. The van der Waals surface area contributed by atoms with E-state index >= 15 is 0 Å². The van der Waals surface area contributed by atoms with Crippen molar-refractivity contribution in [1.29, 1.82) is 5.26 Å². The summed E-state index contributed by atoms with van der Waals surface area (Å²) >= 11 is 1.70. The molecular weight excluding hydrogens is 725 g/mol. The van der Waals surface area contributed by atoms with E-state index in [0.29, 0.717) is 23.0 Å². The highest BCUT2D eigenvalue weighted by Gasteiger charge is 2.51. The second-order valence-corrected chi connectivity index (χ2v) is 15.6. The summed E-state index contributed by atoms with van der Waals surface area (Å²) < 4.78 is 0. The monoisotopic (exact) mass is 756 g/mol. The van der Waals surface area contributed by atoms with E-state index in [-0.39, 0.29) is 0 Å². The van der Waals surface area contributed by atoms with Gasteiger partial charge in [0.15, 0.2) is 17.5 Å². The first-order valence-corrected chi connectivity index (χ1v) is 20.1. The van der Waals surface area contributed by atoms with Crippen molar-refractivity contribution in [2.24, 2.45) is 0 Å². The Morgan fingerprint density at radius 2 is 0.793 bits per heavy atom. The fourth-order valence-corrected chi connectivity index (χ4v) is 10.3. The minimum atomic E-state index is -0.592. The lowest BCUT2D eigenvalue weighted by Crippen LogP contribution is -2.32. The van der Waals surface area contributed by atoms with Crippen molar-refractivity contribution in [1.82, 2.24) is 15.0 Å². The van der Waals surface area contributed by atoms with E-state index in [0.717, 1.165) is 54.3 Å². The molecule has 58 heavy (non-hydrogen) atoms. The summed E-state index contributed by atoms with van der Waals surface area (Å²) in [5, 5.41) is 10.5. The maximum absolute atomic E-state index is 10.5. The van der Waals surface area contributed by atoms with Crippen LogP contribution in [0.5, 0.6) is 0 Å². The van der Waals surface area contributed by atoms with Crippen molar-refractivity contribution in [3.05, 3.63) is 222 Å². The van der Waals surface area contributed by atoms with Gasteiger partial charge in [-0.05, 0) is 73.8 Å². The number of nitriles is 1. The molecule has 1 aromatic heterocycles. The lowest BCUT2D eigenvalue weighted by molar-refractivity contribution is 0.722. The van der Waals surface area contributed by atoms with Crippen LogP contribution < -0.4 is 0 Å². The van der Waals surface area contributed by atoms with Gasteiger partial charge in [0.1, 0.15) is 6.07 Å². The Morgan fingerprint density at radius 1 is 0.362 bits per heavy atom. The van der Waals surface area contributed by atoms with Gasteiger partial charge < -0.3 is 0 Å². The summed E-state index contributed by atoms with van der Waals surface area (Å²) in [6.07, 6.45) is 0. The molecule has 5 heteroatoms. The zero-order valence-electron chi connectivity index (χ0n) is 31.2. The zero-order chi connectivity index (χ0) is 38.6. The molecule has 4 nitrogen and oxygen atoms in total. The molecule has 9 aromatic rings. The van der Waals surface area contributed by atoms with Gasteiger partial charge in [0, 0.05) is 26.5 Å². The Balaban J connectivity index is 1.10. The minimum absolute atomic E-state index is 0.592. The van der Waals surface area contributed by atoms with Crippen molar-refractivity contribution >= 4 is 11.8 Å². The van der Waals surface area contributed by atoms with Crippen molar-refractivity contribution < 1.29 is 0 Å². The average molecular weight is 757 g/mol. The Hall–Kier alpha value is -7.39. The number of rotatable bonds is 5. The predicted molar refractivity (Wildman–Crippen MR) is 233 cm³/mol. The first-order valence-electron chi connectivity index (χ1n) is 19.3. The molecule has 0 saturated heterocycles. The Morgan fingerprint density at radius 3 is 1.43 bits per heavy atom. The molecule has 0 N–H and O–H groups in total. The summed E-state index contributed by atoms with van der Waals surface area (Å²) in [6, 6.07) is 70.3. The van der Waals surface area contributed by atoms with Gasteiger partial charge in [0.25, 0.3) is 0 Å². The van der Waals surface area contributed by atoms with Crippen LogP contribution >= 0.6 is 11.8 Å². The van der Waals surface area contributed by atoms with E-state index in [4.69, 9.17) is 15.0 Å². The van der Waals surface area contributed by atoms with Crippen LogP contribution in [-0.2, 0) is 5.41 Å². The van der Waals surface area contributed by atoms with E-state index in [2.05, 4.69) is 152 Å². The molecule has 8 aromatic carbocycles. The third kappa shape index (κ3) is 5.27. The second-order valence-electron chi connectivity index (χ2n) is 14.6. The molecule has 0 saturated carbocycles. The highest BCUT2D eigenvalue weighted by molar-refractivity contribution is 7.99. The lowest BCUT2D eigenvalue weighted by Gasteiger charge is -2.40. The quantitative estimate of drug-likeness (QED) is 0.175. The first kappa shape index (κ1) is 33.9. The van der Waals surface area contributed by atoms with Crippen molar-refractivity contribution in [3.63, 3.8) is 0 Å². The lowest BCUT2D eigenvalue weighted by atomic mass is 9.66. The summed E-state index contributed by atoms with van der Waals surface area (Å²) in [7, 11) is 0. The number of hydrogen-bond donors (Lipinski definition) is 0. The summed E-state index contributed by atoms with van der Waals surface area (Å²) in [5.41, 5.74) is 14.5. The largest absolute Gasteiger partial charge is 0.208 e. The van der Waals surface area contributed by atoms with Gasteiger partial charge in [-0.15, -0.1) is 0 Å². The normalized spacial score (nSPS) is 12.9. The van der Waals surface area contributed by atoms with Crippen LogP contribution in [0.4, 0.5) is 0 Å². The highest BCUT2D eigenvalue weighted by Crippen LogP contribution is 2.63. The molecule has 0 atom stereocenters. The molecule has 2 aliphatic rings. The van der Waals surface area contributed by atoms with Gasteiger partial charge in [-0.2, -0.15) is 5.26 Å². The maximum Gasteiger partial charge on any atom is 0.164 e. The Labute approximate surface area is 341 Å². The van der Waals surface area contributed by atoms with E-state index in [1.54, 1.807) is 11.8 Å². The maximum atomic E-state index is 10.5. The molecule has 1 aliphatic carbocycles. The van der Waals surface area contributed by atoms with E-state index in [1.807, 2.05) is 48.5 Å². The van der Waals surface area contributed by atoms with Crippen molar-refractivity contribution in [3.8, 4) is 73.6 Å². The fourth-order valence-electron chi connectivity index (χ4n) is 8.91. The van der Waals surface area contributed by atoms with Gasteiger partial charge >= 0.3 is 0 Å². The second kappa shape index (κ2) is 13.7. The molecule has 0 radical (unpaired) electrons. The molecule has 0 bridgehead atoms. The molecule has 2 heterocycles. The molecule has 0 fully saturated rings. The SMILES string of the molecule is N#Cc1cccc2c1Sc1c(-c3cccc(-c4nc(-c5ccccc5)nc(-c5cccc(-c6ccccc6)c5)n4)c3)cccc1C21c2ccccc2-c2ccccc21. The molecule has 11 rings (SSSR count). The predicted octanol–water partition coefficient (Wildman–Crippen LogP) is 12.9. The topological polar surface area (TPSA) is 62.5 Å². The van der Waals surface area contributed by atoms with Gasteiger partial charge in [-0.1, -0.05) is 188 Å². The molecular formula is C53H32N4S. The number of nitrogens with zero attached hydrogens (tertiary/aromatic N) is 4. The summed E-state index contributed by atoms with van der Waals surface area (Å²) in [4.78, 5) is 17.4. The number of fused-ring (bicyclic) bond motifs is 9. The summed E-state index contributed by atoms with van der Waals surface area (Å²) in [6.45, 7) is 0. The number of aromatic nitrogens is 3. The van der Waals surface area contributed by atoms with Crippen LogP contribution in [0, 0.1) is 11.3 Å². The first-order chi connectivity index (χ1) is 28.7. The smallest absolute Gasteiger partial charge is 0.164 e. The molecule has 1 spiro atoms. The van der Waals surface area contributed by atoms with Gasteiger partial charge in [-0.25, -0.2) is 15.0 Å². The zero-order valence-corrected chi connectivity index (χ0v) is 32.0. The van der Waals surface area contributed by atoms with Gasteiger partial charge in [-0.3, -0.25) is 0 Å². The van der Waals surface area contributed by atoms with Crippen LogP contribution in [0.2, 0.25) is 0 Å². The average Bonchev–Trinajstić information content (AvgIpc) is 3.60.